The zero-order valence-electron chi connectivity index (χ0n) is 12.2. The molecular formula is C15H21N3O3. The maximum Gasteiger partial charge on any atom is 0.310 e. The van der Waals surface area contributed by atoms with E-state index in [9.17, 15) is 9.59 Å². The first-order chi connectivity index (χ1) is 10.1. The molecule has 0 bridgehead atoms. The number of likely N-dealkylation sites (tertiary alicyclic amines) is 1. The van der Waals surface area contributed by atoms with E-state index in [1.54, 1.807) is 30.2 Å². The molecule has 6 nitrogen and oxygen atoms in total. The number of ether oxygens (including phenoxy) is 1. The van der Waals surface area contributed by atoms with Crippen molar-refractivity contribution in [1.29, 1.82) is 0 Å². The highest BCUT2D eigenvalue weighted by Crippen LogP contribution is 2.18. The summed E-state index contributed by atoms with van der Waals surface area (Å²) in [6, 6.07) is 3.48. The van der Waals surface area contributed by atoms with Crippen molar-refractivity contribution >= 4 is 17.6 Å². The maximum atomic E-state index is 12.3. The Labute approximate surface area is 124 Å². The van der Waals surface area contributed by atoms with Crippen molar-refractivity contribution in [1.82, 2.24) is 9.88 Å². The number of hydrogen-bond acceptors (Lipinski definition) is 5. The number of carbonyl (C=O) groups excluding carboxylic acids is 2. The third-order valence-corrected chi connectivity index (χ3v) is 3.57. The second-order valence-corrected chi connectivity index (χ2v) is 5.19. The summed E-state index contributed by atoms with van der Waals surface area (Å²) in [4.78, 5) is 29.9. The second-order valence-electron chi connectivity index (χ2n) is 5.19. The average molecular weight is 291 g/mol. The van der Waals surface area contributed by atoms with E-state index >= 15 is 0 Å². The molecule has 21 heavy (non-hydrogen) atoms. The molecule has 6 heteroatoms. The number of aromatic nitrogens is 1. The molecule has 0 saturated carbocycles. The first kappa shape index (κ1) is 15.3. The SMILES string of the molecule is CCOC(=O)C1CCCN(C(=O)Cc2ccc(N)cn2)C1. The van der Waals surface area contributed by atoms with Crippen molar-refractivity contribution in [3.8, 4) is 0 Å². The monoisotopic (exact) mass is 291 g/mol. The first-order valence-electron chi connectivity index (χ1n) is 7.25. The number of carbonyl (C=O) groups is 2. The van der Waals surface area contributed by atoms with Gasteiger partial charge < -0.3 is 15.4 Å². The third-order valence-electron chi connectivity index (χ3n) is 3.57. The summed E-state index contributed by atoms with van der Waals surface area (Å²) in [6.07, 6.45) is 3.38. The Morgan fingerprint density at radius 2 is 2.29 bits per heavy atom. The predicted molar refractivity (Wildman–Crippen MR) is 78.3 cm³/mol. The van der Waals surface area contributed by atoms with Gasteiger partial charge in [-0.2, -0.15) is 0 Å². The molecular weight excluding hydrogens is 270 g/mol. The maximum absolute atomic E-state index is 12.3. The van der Waals surface area contributed by atoms with Gasteiger partial charge in [0.1, 0.15) is 0 Å². The van der Waals surface area contributed by atoms with Gasteiger partial charge in [-0.05, 0) is 31.9 Å². The van der Waals surface area contributed by atoms with Crippen molar-refractivity contribution in [2.24, 2.45) is 5.92 Å². The number of rotatable bonds is 4. The smallest absolute Gasteiger partial charge is 0.310 e. The minimum atomic E-state index is -0.208. The summed E-state index contributed by atoms with van der Waals surface area (Å²) in [5.41, 5.74) is 6.83. The van der Waals surface area contributed by atoms with Crippen LogP contribution >= 0.6 is 0 Å². The molecule has 1 unspecified atom stereocenters. The molecule has 2 N–H and O–H groups in total. The lowest BCUT2D eigenvalue weighted by atomic mass is 9.98. The second kappa shape index (κ2) is 7.06. The van der Waals surface area contributed by atoms with Gasteiger partial charge in [-0.25, -0.2) is 0 Å². The number of nitrogens with zero attached hydrogens (tertiary/aromatic N) is 2. The van der Waals surface area contributed by atoms with Gasteiger partial charge in [0.2, 0.25) is 5.91 Å². The Kier molecular flexibility index (Phi) is 5.14. The number of piperidine rings is 1. The Morgan fingerprint density at radius 1 is 1.48 bits per heavy atom. The molecule has 0 aromatic carbocycles. The molecule has 0 spiro atoms. The van der Waals surface area contributed by atoms with Crippen molar-refractivity contribution in [2.75, 3.05) is 25.4 Å². The first-order valence-corrected chi connectivity index (χ1v) is 7.25. The lowest BCUT2D eigenvalue weighted by Gasteiger charge is -2.31. The van der Waals surface area contributed by atoms with Crippen LogP contribution in [0.1, 0.15) is 25.5 Å². The van der Waals surface area contributed by atoms with Crippen LogP contribution in [0, 0.1) is 5.92 Å². The molecule has 1 aliphatic heterocycles. The molecule has 1 atom stereocenters. The van der Waals surface area contributed by atoms with Crippen molar-refractivity contribution in [3.05, 3.63) is 24.0 Å². The minimum absolute atomic E-state index is 0.0127. The molecule has 2 heterocycles. The summed E-state index contributed by atoms with van der Waals surface area (Å²) in [5, 5.41) is 0. The Hall–Kier alpha value is -2.11. The van der Waals surface area contributed by atoms with E-state index in [1.165, 1.54) is 0 Å². The largest absolute Gasteiger partial charge is 0.466 e. The van der Waals surface area contributed by atoms with Crippen LogP contribution < -0.4 is 5.73 Å². The highest BCUT2D eigenvalue weighted by molar-refractivity contribution is 5.80. The van der Waals surface area contributed by atoms with Gasteiger partial charge in [-0.3, -0.25) is 14.6 Å². The molecule has 1 fully saturated rings. The quantitative estimate of drug-likeness (QED) is 0.837. The van der Waals surface area contributed by atoms with Gasteiger partial charge in [0.15, 0.2) is 0 Å². The summed E-state index contributed by atoms with van der Waals surface area (Å²) in [6.45, 7) is 3.28. The standard InChI is InChI=1S/C15H21N3O3/c1-2-21-15(20)11-4-3-7-18(10-11)14(19)8-13-6-5-12(16)9-17-13/h5-6,9,11H,2-4,7-8,10,16H2,1H3. The molecule has 2 rings (SSSR count). The van der Waals surface area contributed by atoms with E-state index in [4.69, 9.17) is 10.5 Å². The number of nitrogen functional groups attached to an aromatic ring is 1. The van der Waals surface area contributed by atoms with E-state index < -0.39 is 0 Å². The summed E-state index contributed by atoms with van der Waals surface area (Å²) in [7, 11) is 0. The molecule has 0 aliphatic carbocycles. The molecule has 1 aliphatic rings. The molecule has 1 amide bonds. The van der Waals surface area contributed by atoms with Crippen molar-refractivity contribution in [3.63, 3.8) is 0 Å². The number of amides is 1. The number of pyridine rings is 1. The molecule has 1 aromatic heterocycles. The Balaban J connectivity index is 1.92. The van der Waals surface area contributed by atoms with Gasteiger partial charge >= 0.3 is 5.97 Å². The molecule has 0 radical (unpaired) electrons. The van der Waals surface area contributed by atoms with Crippen LogP contribution in [0.25, 0.3) is 0 Å². The summed E-state index contributed by atoms with van der Waals surface area (Å²) >= 11 is 0. The van der Waals surface area contributed by atoms with Crippen LogP contribution in [0.15, 0.2) is 18.3 Å². The van der Waals surface area contributed by atoms with E-state index in [-0.39, 0.29) is 24.2 Å². The van der Waals surface area contributed by atoms with E-state index in [1.807, 2.05) is 0 Å². The van der Waals surface area contributed by atoms with Gasteiger partial charge in [0, 0.05) is 18.8 Å². The minimum Gasteiger partial charge on any atom is -0.466 e. The fourth-order valence-electron chi connectivity index (χ4n) is 2.46. The third kappa shape index (κ3) is 4.18. The normalized spacial score (nSPS) is 18.3. The van der Waals surface area contributed by atoms with Gasteiger partial charge in [-0.1, -0.05) is 0 Å². The number of esters is 1. The van der Waals surface area contributed by atoms with Crippen molar-refractivity contribution < 1.29 is 14.3 Å². The predicted octanol–water partition coefficient (Wildman–Crippen LogP) is 1.01. The average Bonchev–Trinajstić information content (AvgIpc) is 2.50. The topological polar surface area (TPSA) is 85.5 Å². The molecule has 1 aromatic rings. The van der Waals surface area contributed by atoms with Crippen LogP contribution in [-0.4, -0.2) is 41.5 Å². The van der Waals surface area contributed by atoms with Crippen LogP contribution in [0.4, 0.5) is 5.69 Å². The van der Waals surface area contributed by atoms with Crippen LogP contribution in [0.2, 0.25) is 0 Å². The zero-order chi connectivity index (χ0) is 15.2. The van der Waals surface area contributed by atoms with Gasteiger partial charge in [0.05, 0.1) is 30.8 Å². The Bertz CT molecular complexity index is 501. The van der Waals surface area contributed by atoms with Crippen LogP contribution in [0.3, 0.4) is 0 Å². The molecule has 114 valence electrons. The number of hydrogen-bond donors (Lipinski definition) is 1. The van der Waals surface area contributed by atoms with Crippen molar-refractivity contribution in [2.45, 2.75) is 26.2 Å². The fourth-order valence-corrected chi connectivity index (χ4v) is 2.46. The van der Waals surface area contributed by atoms with E-state index in [0.29, 0.717) is 31.1 Å². The van der Waals surface area contributed by atoms with Gasteiger partial charge in [-0.15, -0.1) is 0 Å². The van der Waals surface area contributed by atoms with Crippen LogP contribution in [0.5, 0.6) is 0 Å². The Morgan fingerprint density at radius 3 is 2.95 bits per heavy atom. The van der Waals surface area contributed by atoms with E-state index in [2.05, 4.69) is 4.98 Å². The number of anilines is 1. The molecule has 1 saturated heterocycles. The summed E-state index contributed by atoms with van der Waals surface area (Å²) < 4.78 is 5.04. The van der Waals surface area contributed by atoms with Crippen LogP contribution in [-0.2, 0) is 20.7 Å². The number of nitrogens with two attached hydrogens (primary N) is 1. The summed E-state index contributed by atoms with van der Waals surface area (Å²) in [5.74, 6) is -0.427. The lowest BCUT2D eigenvalue weighted by molar-refractivity contribution is -0.151. The van der Waals surface area contributed by atoms with E-state index in [0.717, 1.165) is 12.8 Å². The van der Waals surface area contributed by atoms with Gasteiger partial charge in [0.25, 0.3) is 0 Å². The zero-order valence-corrected chi connectivity index (χ0v) is 12.2. The lowest BCUT2D eigenvalue weighted by Crippen LogP contribution is -2.43. The fraction of sp³-hybridized carbons (Fsp3) is 0.533. The highest BCUT2D eigenvalue weighted by atomic mass is 16.5. The highest BCUT2D eigenvalue weighted by Gasteiger charge is 2.29.